The summed E-state index contributed by atoms with van der Waals surface area (Å²) in [7, 11) is 0. The molecular weight excluding hydrogens is 322 g/mol. The van der Waals surface area contributed by atoms with Gasteiger partial charge in [-0.3, -0.25) is 4.79 Å². The van der Waals surface area contributed by atoms with E-state index in [1.807, 2.05) is 30.3 Å². The van der Waals surface area contributed by atoms with Crippen LogP contribution < -0.4 is 10.6 Å². The number of benzene rings is 2. The molecule has 0 unspecified atom stereocenters. The number of carbonyl (C=O) groups excluding carboxylic acids is 2. The van der Waals surface area contributed by atoms with Crippen LogP contribution in [0, 0.1) is 6.92 Å². The van der Waals surface area contributed by atoms with Gasteiger partial charge in [-0.15, -0.1) is 0 Å². The first-order valence-corrected chi connectivity index (χ1v) is 7.72. The molecule has 7 nitrogen and oxygen atoms in total. The highest BCUT2D eigenvalue weighted by Crippen LogP contribution is 2.19. The highest BCUT2D eigenvalue weighted by atomic mass is 16.5. The fourth-order valence-electron chi connectivity index (χ4n) is 2.25. The molecule has 0 fully saturated rings. The van der Waals surface area contributed by atoms with E-state index in [0.29, 0.717) is 17.2 Å². The van der Waals surface area contributed by atoms with Crippen LogP contribution in [0.2, 0.25) is 0 Å². The lowest BCUT2D eigenvalue weighted by Gasteiger charge is -2.08. The Kier molecular flexibility index (Phi) is 4.94. The molecule has 3 aromatic rings. The minimum absolute atomic E-state index is 0.149. The van der Waals surface area contributed by atoms with E-state index in [2.05, 4.69) is 15.6 Å². The van der Waals surface area contributed by atoms with Crippen molar-refractivity contribution < 1.29 is 18.7 Å². The Labute approximate surface area is 144 Å². The first kappa shape index (κ1) is 16.5. The van der Waals surface area contributed by atoms with E-state index in [1.54, 1.807) is 25.1 Å². The molecule has 1 aromatic heterocycles. The maximum Gasteiger partial charge on any atom is 0.407 e. The van der Waals surface area contributed by atoms with Crippen LogP contribution in [0.25, 0.3) is 11.1 Å². The average Bonchev–Trinajstić information content (AvgIpc) is 2.98. The molecule has 0 bridgehead atoms. The number of aryl methyl sites for hydroxylation is 1. The predicted molar refractivity (Wildman–Crippen MR) is 92.0 cm³/mol. The normalized spacial score (nSPS) is 10.4. The van der Waals surface area contributed by atoms with E-state index in [4.69, 9.17) is 9.15 Å². The third-order valence-electron chi connectivity index (χ3n) is 3.39. The van der Waals surface area contributed by atoms with Crippen LogP contribution in [0.1, 0.15) is 11.5 Å². The zero-order valence-electron chi connectivity index (χ0n) is 13.6. The maximum absolute atomic E-state index is 11.9. The number of aromatic nitrogens is 1. The molecule has 0 atom stereocenters. The number of ether oxygens (including phenoxy) is 1. The molecule has 0 saturated heterocycles. The van der Waals surface area contributed by atoms with Crippen LogP contribution >= 0.6 is 0 Å². The largest absolute Gasteiger partial charge is 0.445 e. The summed E-state index contributed by atoms with van der Waals surface area (Å²) < 4.78 is 10.4. The fourth-order valence-corrected chi connectivity index (χ4v) is 2.25. The van der Waals surface area contributed by atoms with Gasteiger partial charge in [0.1, 0.15) is 18.7 Å². The second-order valence-electron chi connectivity index (χ2n) is 5.38. The number of nitrogens with zero attached hydrogens (tertiary/aromatic N) is 1. The van der Waals surface area contributed by atoms with Crippen LogP contribution in [0.3, 0.4) is 0 Å². The van der Waals surface area contributed by atoms with Gasteiger partial charge in [-0.1, -0.05) is 30.3 Å². The summed E-state index contributed by atoms with van der Waals surface area (Å²) in [6.45, 7) is 1.71. The first-order chi connectivity index (χ1) is 12.1. The van der Waals surface area contributed by atoms with Crippen molar-refractivity contribution in [3.63, 3.8) is 0 Å². The lowest BCUT2D eigenvalue weighted by molar-refractivity contribution is -0.115. The molecule has 0 spiro atoms. The van der Waals surface area contributed by atoms with E-state index in [1.165, 1.54) is 0 Å². The average molecular weight is 339 g/mol. The Morgan fingerprint density at radius 3 is 2.76 bits per heavy atom. The lowest BCUT2D eigenvalue weighted by Crippen LogP contribution is -2.33. The molecule has 2 N–H and O–H groups in total. The molecule has 128 valence electrons. The van der Waals surface area contributed by atoms with Gasteiger partial charge in [-0.2, -0.15) is 0 Å². The second kappa shape index (κ2) is 7.48. The van der Waals surface area contributed by atoms with Gasteiger partial charge in [0.05, 0.1) is 0 Å². The van der Waals surface area contributed by atoms with Crippen molar-refractivity contribution in [3.8, 4) is 0 Å². The Bertz CT molecular complexity index is 890. The Balaban J connectivity index is 1.46. The number of alkyl carbamates (subject to hydrolysis) is 1. The topological polar surface area (TPSA) is 93.5 Å². The standard InChI is InChI=1S/C18H17N3O4/c1-12-20-15-8-7-14(9-16(15)25-12)21-17(22)10-19-18(23)24-11-13-5-3-2-4-6-13/h2-9H,10-11H2,1H3,(H,19,23)(H,21,22). The second-order valence-corrected chi connectivity index (χ2v) is 5.38. The highest BCUT2D eigenvalue weighted by Gasteiger charge is 2.09. The molecular formula is C18H17N3O4. The number of oxazole rings is 1. The molecule has 2 amide bonds. The summed E-state index contributed by atoms with van der Waals surface area (Å²) in [5, 5.41) is 5.08. The van der Waals surface area contributed by atoms with E-state index >= 15 is 0 Å². The summed E-state index contributed by atoms with van der Waals surface area (Å²) in [5.74, 6) is 0.188. The van der Waals surface area contributed by atoms with Crippen molar-refractivity contribution in [1.29, 1.82) is 0 Å². The van der Waals surface area contributed by atoms with Crippen LogP contribution in [0.15, 0.2) is 52.9 Å². The molecule has 7 heteroatoms. The summed E-state index contributed by atoms with van der Waals surface area (Å²) in [5.41, 5.74) is 2.74. The smallest absolute Gasteiger partial charge is 0.407 e. The molecule has 3 rings (SSSR count). The molecule has 25 heavy (non-hydrogen) atoms. The number of amides is 2. The van der Waals surface area contributed by atoms with Gasteiger partial charge < -0.3 is 19.8 Å². The lowest BCUT2D eigenvalue weighted by atomic mass is 10.2. The number of nitrogens with one attached hydrogen (secondary N) is 2. The first-order valence-electron chi connectivity index (χ1n) is 7.72. The zero-order chi connectivity index (χ0) is 17.6. The minimum Gasteiger partial charge on any atom is -0.445 e. The third-order valence-corrected chi connectivity index (χ3v) is 3.39. The van der Waals surface area contributed by atoms with Crippen LogP contribution in [-0.2, 0) is 16.1 Å². The third kappa shape index (κ3) is 4.57. The Morgan fingerprint density at radius 1 is 1.16 bits per heavy atom. The van der Waals surface area contributed by atoms with Crippen molar-refractivity contribution in [3.05, 3.63) is 60.0 Å². The van der Waals surface area contributed by atoms with E-state index in [9.17, 15) is 9.59 Å². The monoisotopic (exact) mass is 339 g/mol. The molecule has 0 saturated carbocycles. The van der Waals surface area contributed by atoms with E-state index in [-0.39, 0.29) is 19.1 Å². The maximum atomic E-state index is 11.9. The van der Waals surface area contributed by atoms with Gasteiger partial charge in [0, 0.05) is 18.7 Å². The summed E-state index contributed by atoms with van der Waals surface area (Å²) >= 11 is 0. The van der Waals surface area contributed by atoms with Crippen LogP contribution in [0.5, 0.6) is 0 Å². The van der Waals surface area contributed by atoms with Gasteiger partial charge in [-0.05, 0) is 17.7 Å². The number of fused-ring (bicyclic) bond motifs is 1. The molecule has 0 radical (unpaired) electrons. The van der Waals surface area contributed by atoms with Crippen molar-refractivity contribution in [2.45, 2.75) is 13.5 Å². The number of rotatable bonds is 5. The Morgan fingerprint density at radius 2 is 1.96 bits per heavy atom. The van der Waals surface area contributed by atoms with Crippen LogP contribution in [0.4, 0.5) is 10.5 Å². The van der Waals surface area contributed by atoms with Crippen molar-refractivity contribution in [2.75, 3.05) is 11.9 Å². The van der Waals surface area contributed by atoms with Crippen molar-refractivity contribution in [1.82, 2.24) is 10.3 Å². The zero-order valence-corrected chi connectivity index (χ0v) is 13.6. The molecule has 0 aliphatic heterocycles. The number of hydrogen-bond acceptors (Lipinski definition) is 5. The number of hydrogen-bond donors (Lipinski definition) is 2. The number of carbonyl (C=O) groups is 2. The van der Waals surface area contributed by atoms with Crippen molar-refractivity contribution in [2.24, 2.45) is 0 Å². The van der Waals surface area contributed by atoms with E-state index < -0.39 is 6.09 Å². The number of anilines is 1. The Hall–Kier alpha value is -3.35. The summed E-state index contributed by atoms with van der Waals surface area (Å²) in [6, 6.07) is 14.4. The summed E-state index contributed by atoms with van der Waals surface area (Å²) in [4.78, 5) is 27.7. The predicted octanol–water partition coefficient (Wildman–Crippen LogP) is 3.00. The molecule has 0 aliphatic carbocycles. The van der Waals surface area contributed by atoms with Gasteiger partial charge in [-0.25, -0.2) is 9.78 Å². The molecule has 0 aliphatic rings. The molecule has 2 aromatic carbocycles. The van der Waals surface area contributed by atoms with E-state index in [0.717, 1.165) is 11.1 Å². The SMILES string of the molecule is Cc1nc2ccc(NC(=O)CNC(=O)OCc3ccccc3)cc2o1. The molecule has 1 heterocycles. The quantitative estimate of drug-likeness (QED) is 0.745. The van der Waals surface area contributed by atoms with Gasteiger partial charge in [0.2, 0.25) is 5.91 Å². The van der Waals surface area contributed by atoms with Gasteiger partial charge >= 0.3 is 6.09 Å². The van der Waals surface area contributed by atoms with Crippen LogP contribution in [-0.4, -0.2) is 23.5 Å². The summed E-state index contributed by atoms with van der Waals surface area (Å²) in [6.07, 6.45) is -0.652. The highest BCUT2D eigenvalue weighted by molar-refractivity contribution is 5.95. The van der Waals surface area contributed by atoms with Gasteiger partial charge in [0.25, 0.3) is 0 Å². The van der Waals surface area contributed by atoms with Gasteiger partial charge in [0.15, 0.2) is 11.5 Å². The minimum atomic E-state index is -0.652. The van der Waals surface area contributed by atoms with Crippen molar-refractivity contribution >= 4 is 28.8 Å². The fraction of sp³-hybridized carbons (Fsp3) is 0.167.